The quantitative estimate of drug-likeness (QED) is 0.150. The number of hydrogen-bond donors (Lipinski definition) is 2. The normalized spacial score (nSPS) is 16.4. The third-order valence-electron chi connectivity index (χ3n) is 4.63. The molecule has 1 aliphatic heterocycles. The van der Waals surface area contributed by atoms with Crippen molar-refractivity contribution in [1.82, 2.24) is 10.6 Å². The summed E-state index contributed by atoms with van der Waals surface area (Å²) in [6.07, 6.45) is 1.05. The van der Waals surface area contributed by atoms with Gasteiger partial charge in [-0.2, -0.15) is 0 Å². The van der Waals surface area contributed by atoms with Crippen LogP contribution in [-0.4, -0.2) is 42.9 Å². The molecule has 30 heavy (non-hydrogen) atoms. The Morgan fingerprint density at radius 2 is 1.97 bits per heavy atom. The Kier molecular flexibility index (Phi) is 8.80. The van der Waals surface area contributed by atoms with Crippen molar-refractivity contribution in [1.29, 1.82) is 0 Å². The van der Waals surface area contributed by atoms with E-state index < -0.39 is 4.92 Å². The van der Waals surface area contributed by atoms with Gasteiger partial charge < -0.3 is 15.4 Å². The number of nitro benzene ring substituents is 1. The number of nitro groups is 1. The SMILES string of the molecule is O=[N+]([O-])c1ccc(CN=C(NCCSc2ccc(Cl)cc2)NCC2CCOC2)cc1. The maximum atomic E-state index is 10.8. The van der Waals surface area contributed by atoms with Crippen LogP contribution >= 0.6 is 23.4 Å². The Morgan fingerprint density at radius 3 is 2.63 bits per heavy atom. The molecule has 2 aromatic rings. The van der Waals surface area contributed by atoms with E-state index in [9.17, 15) is 10.1 Å². The van der Waals surface area contributed by atoms with Crippen molar-refractivity contribution in [3.8, 4) is 0 Å². The molecule has 3 rings (SSSR count). The number of benzene rings is 2. The number of rotatable bonds is 9. The summed E-state index contributed by atoms with van der Waals surface area (Å²) in [7, 11) is 0. The lowest BCUT2D eigenvalue weighted by molar-refractivity contribution is -0.384. The Labute approximate surface area is 185 Å². The van der Waals surface area contributed by atoms with E-state index >= 15 is 0 Å². The van der Waals surface area contributed by atoms with E-state index in [0.29, 0.717) is 12.5 Å². The van der Waals surface area contributed by atoms with E-state index in [4.69, 9.17) is 16.3 Å². The number of halogens is 1. The summed E-state index contributed by atoms with van der Waals surface area (Å²) >= 11 is 7.67. The van der Waals surface area contributed by atoms with Gasteiger partial charge in [0.2, 0.25) is 0 Å². The summed E-state index contributed by atoms with van der Waals surface area (Å²) in [6, 6.07) is 14.3. The first kappa shape index (κ1) is 22.4. The highest BCUT2D eigenvalue weighted by Crippen LogP contribution is 2.19. The third kappa shape index (κ3) is 7.51. The minimum atomic E-state index is -0.399. The number of non-ortho nitro benzene ring substituents is 1. The minimum absolute atomic E-state index is 0.0830. The molecule has 2 N–H and O–H groups in total. The van der Waals surface area contributed by atoms with Gasteiger partial charge in [0.25, 0.3) is 5.69 Å². The van der Waals surface area contributed by atoms with Crippen molar-refractivity contribution < 1.29 is 9.66 Å². The molecular weight excluding hydrogens is 424 g/mol. The van der Waals surface area contributed by atoms with Gasteiger partial charge in [0.05, 0.1) is 18.1 Å². The first-order valence-electron chi connectivity index (χ1n) is 9.82. The zero-order valence-electron chi connectivity index (χ0n) is 16.6. The monoisotopic (exact) mass is 448 g/mol. The molecule has 0 spiro atoms. The fraction of sp³-hybridized carbons (Fsp3) is 0.381. The summed E-state index contributed by atoms with van der Waals surface area (Å²) in [4.78, 5) is 16.2. The molecule has 0 bridgehead atoms. The standard InChI is InChI=1S/C21H25ClN4O3S/c22-18-3-7-20(8-4-18)30-12-10-23-21(25-14-17-9-11-29-15-17)24-13-16-1-5-19(6-2-16)26(27)28/h1-8,17H,9-15H2,(H2,23,24,25). The lowest BCUT2D eigenvalue weighted by Crippen LogP contribution is -2.41. The minimum Gasteiger partial charge on any atom is -0.381 e. The maximum Gasteiger partial charge on any atom is 0.269 e. The lowest BCUT2D eigenvalue weighted by atomic mass is 10.1. The molecule has 0 amide bonds. The van der Waals surface area contributed by atoms with Crippen LogP contribution in [0.15, 0.2) is 58.4 Å². The number of hydrogen-bond acceptors (Lipinski definition) is 5. The lowest BCUT2D eigenvalue weighted by Gasteiger charge is -2.15. The summed E-state index contributed by atoms with van der Waals surface area (Å²) in [5, 5.41) is 18.3. The molecule has 160 valence electrons. The third-order valence-corrected chi connectivity index (χ3v) is 5.89. The molecule has 1 unspecified atom stereocenters. The van der Waals surface area contributed by atoms with Gasteiger partial charge >= 0.3 is 0 Å². The fourth-order valence-electron chi connectivity index (χ4n) is 2.92. The molecular formula is C21H25ClN4O3S. The zero-order chi connectivity index (χ0) is 21.2. The summed E-state index contributed by atoms with van der Waals surface area (Å²) < 4.78 is 5.44. The summed E-state index contributed by atoms with van der Waals surface area (Å²) in [5.74, 6) is 2.10. The molecule has 9 heteroatoms. The summed E-state index contributed by atoms with van der Waals surface area (Å²) in [6.45, 7) is 3.58. The molecule has 0 saturated carbocycles. The van der Waals surface area contributed by atoms with Crippen LogP contribution in [-0.2, 0) is 11.3 Å². The van der Waals surface area contributed by atoms with E-state index in [1.165, 1.54) is 17.0 Å². The summed E-state index contributed by atoms with van der Waals surface area (Å²) in [5.41, 5.74) is 1.00. The Bertz CT molecular complexity index is 840. The number of nitrogens with one attached hydrogen (secondary N) is 2. The van der Waals surface area contributed by atoms with Gasteiger partial charge in [0.1, 0.15) is 0 Å². The van der Waals surface area contributed by atoms with Crippen molar-refractivity contribution in [2.45, 2.75) is 17.9 Å². The Hall–Kier alpha value is -2.29. The molecule has 0 aliphatic carbocycles. The molecule has 1 fully saturated rings. The van der Waals surface area contributed by atoms with Gasteiger partial charge in [-0.15, -0.1) is 11.8 Å². The van der Waals surface area contributed by atoms with E-state index in [1.807, 2.05) is 24.3 Å². The largest absolute Gasteiger partial charge is 0.381 e. The van der Waals surface area contributed by atoms with Crippen molar-refractivity contribution in [3.05, 3.63) is 69.2 Å². The van der Waals surface area contributed by atoms with Crippen molar-refractivity contribution in [2.75, 3.05) is 32.1 Å². The van der Waals surface area contributed by atoms with Crippen LogP contribution in [0, 0.1) is 16.0 Å². The van der Waals surface area contributed by atoms with Gasteiger partial charge in [-0.25, -0.2) is 4.99 Å². The number of ether oxygens (including phenoxy) is 1. The van der Waals surface area contributed by atoms with Crippen LogP contribution < -0.4 is 10.6 Å². The number of nitrogens with zero attached hydrogens (tertiary/aromatic N) is 2. The second kappa shape index (κ2) is 11.8. The van der Waals surface area contributed by atoms with E-state index in [1.54, 1.807) is 23.9 Å². The van der Waals surface area contributed by atoms with Gasteiger partial charge in [-0.05, 0) is 36.2 Å². The van der Waals surface area contributed by atoms with Crippen LogP contribution in [0.2, 0.25) is 5.02 Å². The fourth-order valence-corrected chi connectivity index (χ4v) is 3.82. The molecule has 2 aromatic carbocycles. The van der Waals surface area contributed by atoms with Gasteiger partial charge in [0, 0.05) is 53.4 Å². The molecule has 0 aromatic heterocycles. The molecule has 1 saturated heterocycles. The van der Waals surface area contributed by atoms with Crippen LogP contribution in [0.1, 0.15) is 12.0 Å². The Morgan fingerprint density at radius 1 is 1.20 bits per heavy atom. The highest BCUT2D eigenvalue weighted by atomic mass is 35.5. The second-order valence-electron chi connectivity index (χ2n) is 6.93. The number of thioether (sulfide) groups is 1. The van der Waals surface area contributed by atoms with Crippen LogP contribution in [0.5, 0.6) is 0 Å². The van der Waals surface area contributed by atoms with Crippen LogP contribution in [0.4, 0.5) is 5.69 Å². The smallest absolute Gasteiger partial charge is 0.269 e. The zero-order valence-corrected chi connectivity index (χ0v) is 18.1. The van der Waals surface area contributed by atoms with Crippen molar-refractivity contribution >= 4 is 35.0 Å². The molecule has 7 nitrogen and oxygen atoms in total. The van der Waals surface area contributed by atoms with Crippen molar-refractivity contribution in [3.63, 3.8) is 0 Å². The van der Waals surface area contributed by atoms with Crippen molar-refractivity contribution in [2.24, 2.45) is 10.9 Å². The van der Waals surface area contributed by atoms with Crippen LogP contribution in [0.3, 0.4) is 0 Å². The Balaban J connectivity index is 1.52. The van der Waals surface area contributed by atoms with E-state index in [-0.39, 0.29) is 5.69 Å². The predicted octanol–water partition coefficient (Wildman–Crippen LogP) is 4.11. The highest BCUT2D eigenvalue weighted by molar-refractivity contribution is 7.99. The number of aliphatic imine (C=N–C) groups is 1. The number of guanidine groups is 1. The molecule has 1 atom stereocenters. The first-order chi connectivity index (χ1) is 14.6. The molecule has 1 aliphatic rings. The average Bonchev–Trinajstić information content (AvgIpc) is 3.27. The van der Waals surface area contributed by atoms with Crippen LogP contribution in [0.25, 0.3) is 0 Å². The maximum absolute atomic E-state index is 10.8. The van der Waals surface area contributed by atoms with Gasteiger partial charge in [-0.3, -0.25) is 10.1 Å². The topological polar surface area (TPSA) is 88.8 Å². The van der Waals surface area contributed by atoms with E-state index in [2.05, 4.69) is 15.6 Å². The predicted molar refractivity (Wildman–Crippen MR) is 121 cm³/mol. The van der Waals surface area contributed by atoms with E-state index in [0.717, 1.165) is 55.0 Å². The highest BCUT2D eigenvalue weighted by Gasteiger charge is 2.15. The van der Waals surface area contributed by atoms with Gasteiger partial charge in [0.15, 0.2) is 5.96 Å². The van der Waals surface area contributed by atoms with Gasteiger partial charge in [-0.1, -0.05) is 23.7 Å². The average molecular weight is 449 g/mol. The molecule has 0 radical (unpaired) electrons. The molecule has 1 heterocycles. The second-order valence-corrected chi connectivity index (χ2v) is 8.53. The first-order valence-corrected chi connectivity index (χ1v) is 11.2.